The van der Waals surface area contributed by atoms with Crippen LogP contribution in [0.25, 0.3) is 0 Å². The van der Waals surface area contributed by atoms with Crippen LogP contribution in [0.4, 0.5) is 0 Å². The lowest BCUT2D eigenvalue weighted by atomic mass is 10.00. The first-order chi connectivity index (χ1) is 7.85. The van der Waals surface area contributed by atoms with Crippen LogP contribution in [-0.4, -0.2) is 9.55 Å². The van der Waals surface area contributed by atoms with E-state index in [2.05, 4.69) is 24.0 Å². The van der Waals surface area contributed by atoms with Gasteiger partial charge in [0.1, 0.15) is 0 Å². The molecular formula is C13H13N3. The van der Waals surface area contributed by atoms with E-state index in [1.807, 2.05) is 22.9 Å². The maximum atomic E-state index is 9.09. The number of hydrogen-bond acceptors (Lipinski definition) is 2. The van der Waals surface area contributed by atoms with Crippen LogP contribution in [0, 0.1) is 11.3 Å². The predicted octanol–water partition coefficient (Wildman–Crippen LogP) is 2.37. The summed E-state index contributed by atoms with van der Waals surface area (Å²) in [5, 5.41) is 9.09. The Labute approximate surface area is 95.0 Å². The first-order valence-corrected chi connectivity index (χ1v) is 5.31. The van der Waals surface area contributed by atoms with Crippen LogP contribution in [0.1, 0.15) is 23.6 Å². The van der Waals surface area contributed by atoms with Gasteiger partial charge in [-0.2, -0.15) is 5.26 Å². The Balaban J connectivity index is 2.42. The molecule has 1 aromatic heterocycles. The maximum absolute atomic E-state index is 9.09. The fraction of sp³-hybridized carbons (Fsp3) is 0.231. The Morgan fingerprint density at radius 1 is 1.44 bits per heavy atom. The molecule has 2 rings (SSSR count). The summed E-state index contributed by atoms with van der Waals surface area (Å²) in [4.78, 5) is 4.01. The Bertz CT molecular complexity index is 506. The molecule has 2 aromatic rings. The number of nitrogens with zero attached hydrogens (tertiary/aromatic N) is 3. The molecule has 0 aliphatic carbocycles. The van der Waals surface area contributed by atoms with Crippen molar-refractivity contribution in [3.05, 3.63) is 53.6 Å². The zero-order valence-electron chi connectivity index (χ0n) is 9.22. The van der Waals surface area contributed by atoms with Gasteiger partial charge in [-0.15, -0.1) is 0 Å². The van der Waals surface area contributed by atoms with Crippen LogP contribution in [-0.2, 0) is 13.0 Å². The van der Waals surface area contributed by atoms with Gasteiger partial charge in [0.2, 0.25) is 0 Å². The molecule has 0 bridgehead atoms. The molecule has 0 saturated heterocycles. The third-order valence-electron chi connectivity index (χ3n) is 2.67. The van der Waals surface area contributed by atoms with Crippen molar-refractivity contribution in [2.45, 2.75) is 19.9 Å². The Hall–Kier alpha value is -2.08. The highest BCUT2D eigenvalue weighted by Gasteiger charge is 2.07. The topological polar surface area (TPSA) is 41.6 Å². The van der Waals surface area contributed by atoms with Crippen LogP contribution in [0.5, 0.6) is 0 Å². The molecule has 16 heavy (non-hydrogen) atoms. The molecule has 0 atom stereocenters. The molecule has 0 aliphatic heterocycles. The minimum Gasteiger partial charge on any atom is -0.333 e. The third-order valence-corrected chi connectivity index (χ3v) is 2.67. The van der Waals surface area contributed by atoms with E-state index in [-0.39, 0.29) is 0 Å². The molecule has 0 saturated carbocycles. The fourth-order valence-electron chi connectivity index (χ4n) is 1.82. The van der Waals surface area contributed by atoms with Gasteiger partial charge in [0.05, 0.1) is 24.5 Å². The molecule has 1 heterocycles. The summed E-state index contributed by atoms with van der Waals surface area (Å²) in [6.07, 6.45) is 6.38. The monoisotopic (exact) mass is 211 g/mol. The average molecular weight is 211 g/mol. The van der Waals surface area contributed by atoms with Crippen LogP contribution >= 0.6 is 0 Å². The second-order valence-electron chi connectivity index (χ2n) is 3.64. The van der Waals surface area contributed by atoms with E-state index < -0.39 is 0 Å². The van der Waals surface area contributed by atoms with Crippen molar-refractivity contribution >= 4 is 0 Å². The highest BCUT2D eigenvalue weighted by molar-refractivity contribution is 5.43. The van der Waals surface area contributed by atoms with Crippen molar-refractivity contribution in [2.24, 2.45) is 0 Å². The lowest BCUT2D eigenvalue weighted by molar-refractivity contribution is 0.784. The summed E-state index contributed by atoms with van der Waals surface area (Å²) in [5.74, 6) is 0. The standard InChI is InChI=1S/C13H13N3/c1-2-11-4-3-5-12(8-14)13(11)9-16-7-6-15-10-16/h3-7,10H,2,9H2,1H3. The predicted molar refractivity (Wildman–Crippen MR) is 61.9 cm³/mol. The van der Waals surface area contributed by atoms with Crippen molar-refractivity contribution in [2.75, 3.05) is 0 Å². The largest absolute Gasteiger partial charge is 0.333 e. The van der Waals surface area contributed by atoms with Gasteiger partial charge in [-0.1, -0.05) is 19.1 Å². The van der Waals surface area contributed by atoms with Crippen LogP contribution in [0.2, 0.25) is 0 Å². The summed E-state index contributed by atoms with van der Waals surface area (Å²) in [7, 11) is 0. The number of hydrogen-bond donors (Lipinski definition) is 0. The minimum absolute atomic E-state index is 0.715. The third kappa shape index (κ3) is 1.96. The molecule has 80 valence electrons. The Morgan fingerprint density at radius 2 is 2.31 bits per heavy atom. The fourth-order valence-corrected chi connectivity index (χ4v) is 1.82. The van der Waals surface area contributed by atoms with Crippen molar-refractivity contribution in [1.82, 2.24) is 9.55 Å². The summed E-state index contributed by atoms with van der Waals surface area (Å²) >= 11 is 0. The highest BCUT2D eigenvalue weighted by Crippen LogP contribution is 2.16. The second kappa shape index (κ2) is 4.63. The van der Waals surface area contributed by atoms with Gasteiger partial charge >= 0.3 is 0 Å². The zero-order valence-corrected chi connectivity index (χ0v) is 9.22. The maximum Gasteiger partial charge on any atom is 0.0995 e. The summed E-state index contributed by atoms with van der Waals surface area (Å²) in [6, 6.07) is 8.13. The quantitative estimate of drug-likeness (QED) is 0.782. The molecule has 0 unspecified atom stereocenters. The molecule has 1 aromatic carbocycles. The second-order valence-corrected chi connectivity index (χ2v) is 3.64. The number of benzene rings is 1. The van der Waals surface area contributed by atoms with Gasteiger partial charge in [0, 0.05) is 12.4 Å². The van der Waals surface area contributed by atoms with E-state index in [0.717, 1.165) is 17.5 Å². The van der Waals surface area contributed by atoms with E-state index in [1.54, 1.807) is 12.5 Å². The van der Waals surface area contributed by atoms with Gasteiger partial charge in [-0.3, -0.25) is 0 Å². The van der Waals surface area contributed by atoms with E-state index >= 15 is 0 Å². The van der Waals surface area contributed by atoms with Crippen LogP contribution in [0.15, 0.2) is 36.9 Å². The van der Waals surface area contributed by atoms with E-state index in [4.69, 9.17) is 5.26 Å². The van der Waals surface area contributed by atoms with Gasteiger partial charge in [-0.05, 0) is 23.6 Å². The molecule has 0 radical (unpaired) electrons. The first kappa shape index (κ1) is 10.4. The summed E-state index contributed by atoms with van der Waals surface area (Å²) in [5.41, 5.74) is 3.09. The number of imidazole rings is 1. The number of aromatic nitrogens is 2. The SMILES string of the molecule is CCc1cccc(C#N)c1Cn1ccnc1. The van der Waals surface area contributed by atoms with E-state index in [0.29, 0.717) is 6.54 Å². The van der Waals surface area contributed by atoms with Crippen molar-refractivity contribution in [3.8, 4) is 6.07 Å². The lowest BCUT2D eigenvalue weighted by Gasteiger charge is -2.10. The van der Waals surface area contributed by atoms with Crippen molar-refractivity contribution in [3.63, 3.8) is 0 Å². The van der Waals surface area contributed by atoms with Crippen LogP contribution in [0.3, 0.4) is 0 Å². The van der Waals surface area contributed by atoms with Crippen molar-refractivity contribution in [1.29, 1.82) is 5.26 Å². The Morgan fingerprint density at radius 3 is 2.94 bits per heavy atom. The molecule has 0 N–H and O–H groups in total. The number of aryl methyl sites for hydroxylation is 1. The highest BCUT2D eigenvalue weighted by atomic mass is 15.0. The smallest absolute Gasteiger partial charge is 0.0995 e. The summed E-state index contributed by atoms with van der Waals surface area (Å²) in [6.45, 7) is 2.82. The molecule has 0 aliphatic rings. The average Bonchev–Trinajstić information content (AvgIpc) is 2.82. The van der Waals surface area contributed by atoms with Gasteiger partial charge in [-0.25, -0.2) is 4.98 Å². The zero-order chi connectivity index (χ0) is 11.4. The van der Waals surface area contributed by atoms with E-state index in [1.165, 1.54) is 5.56 Å². The normalized spacial score (nSPS) is 10.0. The Kier molecular flexibility index (Phi) is 3.02. The van der Waals surface area contributed by atoms with Crippen molar-refractivity contribution < 1.29 is 0 Å². The first-order valence-electron chi connectivity index (χ1n) is 5.31. The molecular weight excluding hydrogens is 198 g/mol. The molecule has 3 heteroatoms. The molecule has 0 fully saturated rings. The minimum atomic E-state index is 0.715. The van der Waals surface area contributed by atoms with E-state index in [9.17, 15) is 0 Å². The molecule has 0 spiro atoms. The molecule has 3 nitrogen and oxygen atoms in total. The number of rotatable bonds is 3. The van der Waals surface area contributed by atoms with Crippen LogP contribution < -0.4 is 0 Å². The molecule has 0 amide bonds. The van der Waals surface area contributed by atoms with Gasteiger partial charge in [0.15, 0.2) is 0 Å². The summed E-state index contributed by atoms with van der Waals surface area (Å²) < 4.78 is 1.98. The van der Waals surface area contributed by atoms with Gasteiger partial charge < -0.3 is 4.57 Å². The van der Waals surface area contributed by atoms with Gasteiger partial charge in [0.25, 0.3) is 0 Å². The number of nitriles is 1. The lowest BCUT2D eigenvalue weighted by Crippen LogP contribution is -2.03.